The maximum absolute atomic E-state index is 4.93. The summed E-state index contributed by atoms with van der Waals surface area (Å²) in [5.41, 5.74) is 10.5. The molecule has 0 unspecified atom stereocenters. The van der Waals surface area contributed by atoms with Crippen molar-refractivity contribution in [3.8, 4) is 33.4 Å². The molecule has 290 valence electrons. The van der Waals surface area contributed by atoms with E-state index in [-0.39, 0.29) is 0 Å². The van der Waals surface area contributed by atoms with Gasteiger partial charge < -0.3 is 0 Å². The van der Waals surface area contributed by atoms with Gasteiger partial charge in [0.2, 0.25) is 0 Å². The monoisotopic (exact) mass is 904 g/mol. The first kappa shape index (κ1) is 41.6. The van der Waals surface area contributed by atoms with Crippen LogP contribution in [-0.2, 0) is 20.8 Å². The predicted octanol–water partition coefficient (Wildman–Crippen LogP) is 17.5. The largest absolute Gasteiger partial charge is 0.144 e. The van der Waals surface area contributed by atoms with Gasteiger partial charge in [-0.15, -0.1) is 68.6 Å². The summed E-state index contributed by atoms with van der Waals surface area (Å²) in [7, 11) is 11.0. The molecule has 0 amide bonds. The smallest absolute Gasteiger partial charge is 0.0112 e. The molecule has 0 nitrogen and oxygen atoms in total. The maximum Gasteiger partial charge on any atom is -0.0112 e. The summed E-state index contributed by atoms with van der Waals surface area (Å²) in [6, 6.07) is 70.7. The molecule has 11 aromatic carbocycles. The van der Waals surface area contributed by atoms with E-state index < -0.39 is 20.8 Å². The van der Waals surface area contributed by atoms with Gasteiger partial charge in [0.1, 0.15) is 0 Å². The van der Waals surface area contributed by atoms with Crippen molar-refractivity contribution in [1.29, 1.82) is 0 Å². The Hall–Kier alpha value is -5.08. The molecule has 60 heavy (non-hydrogen) atoms. The van der Waals surface area contributed by atoms with Crippen LogP contribution < -0.4 is 0 Å². The molecule has 11 rings (SSSR count). The number of rotatable bonds is 3. The molecule has 4 heteroatoms. The van der Waals surface area contributed by atoms with Crippen LogP contribution in [0.4, 0.5) is 0 Å². The van der Waals surface area contributed by atoms with Crippen LogP contribution in [0.3, 0.4) is 0 Å². The van der Waals surface area contributed by atoms with E-state index in [0.717, 1.165) is 9.52 Å². The number of hydrogen-bond acceptors (Lipinski definition) is 0. The van der Waals surface area contributed by atoms with Gasteiger partial charge in [-0.1, -0.05) is 201 Å². The van der Waals surface area contributed by atoms with E-state index in [0.29, 0.717) is 0 Å². The average molecular weight is 907 g/mol. The summed E-state index contributed by atoms with van der Waals surface area (Å²) >= 11 is -0.826. The zero-order valence-corrected chi connectivity index (χ0v) is 39.2. The fourth-order valence-corrected chi connectivity index (χ4v) is 8.66. The van der Waals surface area contributed by atoms with Crippen LogP contribution in [0.15, 0.2) is 194 Å². The number of hydrogen-bond donors (Lipinski definition) is 0. The zero-order valence-electron chi connectivity index (χ0n) is 34.2. The Labute approximate surface area is 374 Å². The number of aryl methyl sites for hydroxylation is 2. The Balaban J connectivity index is 0.000000159. The first-order chi connectivity index (χ1) is 29.4. The number of benzene rings is 9. The second-order valence-corrected chi connectivity index (χ2v) is 19.9. The van der Waals surface area contributed by atoms with Crippen molar-refractivity contribution in [1.82, 2.24) is 0 Å². The third-order valence-corrected chi connectivity index (χ3v) is 11.3. The van der Waals surface area contributed by atoms with Crippen molar-refractivity contribution in [2.75, 3.05) is 0 Å². The summed E-state index contributed by atoms with van der Waals surface area (Å²) in [5, 5.41) is 15.7. The molecule has 0 aromatic heterocycles. The molecule has 0 spiro atoms. The molecule has 0 N–H and O–H groups in total. The molecule has 0 atom stereocenters. The molecule has 0 saturated carbocycles. The van der Waals surface area contributed by atoms with Gasteiger partial charge in [0.05, 0.1) is 0 Å². The summed E-state index contributed by atoms with van der Waals surface area (Å²) in [5.74, 6) is 0. The number of halogens is 2. The minimum atomic E-state index is -0.826. The van der Waals surface area contributed by atoms with Crippen LogP contribution in [0, 0.1) is 13.8 Å². The topological polar surface area (TPSA) is 0 Å². The fourth-order valence-electron chi connectivity index (χ4n) is 8.66. The van der Waals surface area contributed by atoms with Crippen molar-refractivity contribution < 1.29 is 20.8 Å². The SMILES string of the molecule is C[Si]C.Cc1cc2c(-c3cccc4ccccc34)ccc(C)c2[cH-]1.[Cl][Zr+2][Cl].c1ccc2c(-c3cccc4[cH-]c(-c5cccc6c5ccc5ccccc56)cc34)cccc2c1. The van der Waals surface area contributed by atoms with Crippen LogP contribution in [0.2, 0.25) is 13.1 Å². The first-order valence-electron chi connectivity index (χ1n) is 20.2. The van der Waals surface area contributed by atoms with Gasteiger partial charge in [-0.2, -0.15) is 6.07 Å². The summed E-state index contributed by atoms with van der Waals surface area (Å²) in [6.45, 7) is 8.67. The molecular formula is C56H44Cl2SiZr. The Morgan fingerprint density at radius 3 is 1.50 bits per heavy atom. The van der Waals surface area contributed by atoms with E-state index in [4.69, 9.17) is 17.0 Å². The third-order valence-electron chi connectivity index (χ3n) is 11.3. The standard InChI is InChI=1S/C33H21.C21H17.C2H6Si.2ClH.Zr/c1-3-12-26-22(8-1)10-5-15-29(26)31-16-6-11-24-20-25(21-33(24)31)28-14-7-17-30-27-13-4-2-9-23(27)18-19-32(28)30;1-14-12-20-15(2)10-11-19(21(20)13-14)18-9-5-7-16-6-3-4-8-17(16)18;1-3-2;;;/h1-21H;3-13H,1-2H3;1-2H3;2*1H;/q2*-1;;;;+4/p-2. The van der Waals surface area contributed by atoms with Gasteiger partial charge in [-0.25, -0.2) is 0 Å². The van der Waals surface area contributed by atoms with E-state index in [1.54, 1.807) is 0 Å². The average Bonchev–Trinajstić information content (AvgIpc) is 3.91. The molecule has 0 heterocycles. The van der Waals surface area contributed by atoms with Crippen LogP contribution in [0.25, 0.3) is 98.0 Å². The van der Waals surface area contributed by atoms with Crippen LogP contribution in [0.1, 0.15) is 11.1 Å². The van der Waals surface area contributed by atoms with E-state index in [1.165, 1.54) is 109 Å². The van der Waals surface area contributed by atoms with Crippen molar-refractivity contribution >= 4 is 91.2 Å². The molecule has 0 aliphatic rings. The first-order valence-corrected chi connectivity index (χ1v) is 28.5. The van der Waals surface area contributed by atoms with Crippen molar-refractivity contribution in [2.24, 2.45) is 0 Å². The van der Waals surface area contributed by atoms with Crippen LogP contribution in [0.5, 0.6) is 0 Å². The van der Waals surface area contributed by atoms with Crippen molar-refractivity contribution in [3.63, 3.8) is 0 Å². The van der Waals surface area contributed by atoms with Gasteiger partial charge in [-0.05, 0) is 54.2 Å². The third kappa shape index (κ3) is 8.45. The molecule has 0 aliphatic heterocycles. The van der Waals surface area contributed by atoms with E-state index in [2.05, 4.69) is 221 Å². The van der Waals surface area contributed by atoms with E-state index in [9.17, 15) is 0 Å². The quantitative estimate of drug-likeness (QED) is 0.0941. The molecule has 0 fully saturated rings. The van der Waals surface area contributed by atoms with Crippen molar-refractivity contribution in [3.05, 3.63) is 205 Å². The van der Waals surface area contributed by atoms with Crippen LogP contribution in [-0.4, -0.2) is 9.52 Å². The Morgan fingerprint density at radius 1 is 0.400 bits per heavy atom. The Kier molecular flexibility index (Phi) is 13.3. The summed E-state index contributed by atoms with van der Waals surface area (Å²) in [6.07, 6.45) is 0. The van der Waals surface area contributed by atoms with Crippen LogP contribution >= 0.6 is 17.0 Å². The van der Waals surface area contributed by atoms with Gasteiger partial charge in [0.15, 0.2) is 0 Å². The zero-order chi connectivity index (χ0) is 41.6. The minimum Gasteiger partial charge on any atom is -0.144 e. The molecular weight excluding hydrogens is 863 g/mol. The maximum atomic E-state index is 4.93. The van der Waals surface area contributed by atoms with Gasteiger partial charge in [0, 0.05) is 9.52 Å². The minimum absolute atomic E-state index is 0.826. The molecule has 0 bridgehead atoms. The number of fused-ring (bicyclic) bond motifs is 7. The fraction of sp³-hybridized carbons (Fsp3) is 0.0714. The Morgan fingerprint density at radius 2 is 0.867 bits per heavy atom. The Bertz CT molecular complexity index is 3230. The molecule has 11 aromatic rings. The summed E-state index contributed by atoms with van der Waals surface area (Å²) in [4.78, 5) is 0. The van der Waals surface area contributed by atoms with Gasteiger partial charge in [-0.3, -0.25) is 0 Å². The van der Waals surface area contributed by atoms with Gasteiger partial charge >= 0.3 is 37.9 Å². The summed E-state index contributed by atoms with van der Waals surface area (Å²) < 4.78 is 0. The molecule has 0 aliphatic carbocycles. The predicted molar refractivity (Wildman–Crippen MR) is 264 cm³/mol. The molecule has 0 saturated heterocycles. The second-order valence-electron chi connectivity index (χ2n) is 15.2. The molecule has 2 radical (unpaired) electrons. The normalized spacial score (nSPS) is 10.8. The van der Waals surface area contributed by atoms with Gasteiger partial charge in [0.25, 0.3) is 0 Å². The second kappa shape index (κ2) is 19.1. The van der Waals surface area contributed by atoms with E-state index in [1.807, 2.05) is 0 Å². The van der Waals surface area contributed by atoms with Crippen molar-refractivity contribution in [2.45, 2.75) is 26.9 Å². The van der Waals surface area contributed by atoms with E-state index >= 15 is 0 Å².